The lowest BCUT2D eigenvalue weighted by Crippen LogP contribution is -2.08. The van der Waals surface area contributed by atoms with E-state index in [2.05, 4.69) is 38.4 Å². The second-order valence-corrected chi connectivity index (χ2v) is 3.86. The van der Waals surface area contributed by atoms with Gasteiger partial charge in [0, 0.05) is 5.56 Å². The van der Waals surface area contributed by atoms with Crippen LogP contribution in [0, 0.1) is 6.92 Å². The van der Waals surface area contributed by atoms with Crippen LogP contribution >= 0.6 is 0 Å². The maximum absolute atomic E-state index is 5.42. The molecule has 1 aliphatic heterocycles. The fourth-order valence-electron chi connectivity index (χ4n) is 1.72. The van der Waals surface area contributed by atoms with Gasteiger partial charge in [0.2, 0.25) is 0 Å². The molecule has 13 heavy (non-hydrogen) atoms. The number of benzene rings is 1. The minimum atomic E-state index is 0.522. The third-order valence-corrected chi connectivity index (χ3v) is 2.57. The minimum absolute atomic E-state index is 0.522. The van der Waals surface area contributed by atoms with Gasteiger partial charge in [-0.15, -0.1) is 0 Å². The summed E-state index contributed by atoms with van der Waals surface area (Å²) in [6.07, 6.45) is 0. The maximum atomic E-state index is 5.42. The molecular formula is C11H15NO. The highest BCUT2D eigenvalue weighted by Gasteiger charge is 2.19. The first-order valence-electron chi connectivity index (χ1n) is 4.72. The van der Waals surface area contributed by atoms with Crippen molar-refractivity contribution in [2.45, 2.75) is 33.2 Å². The third-order valence-electron chi connectivity index (χ3n) is 2.57. The summed E-state index contributed by atoms with van der Waals surface area (Å²) in [5, 5.41) is 0. The van der Waals surface area contributed by atoms with Crippen molar-refractivity contribution in [2.75, 3.05) is 0 Å². The number of hydrogen-bond acceptors (Lipinski definition) is 2. The second kappa shape index (κ2) is 3.04. The van der Waals surface area contributed by atoms with E-state index in [4.69, 9.17) is 4.84 Å². The number of rotatable bonds is 1. The number of hydrogen-bond donors (Lipinski definition) is 1. The largest absolute Gasteiger partial charge is 0.408 e. The second-order valence-electron chi connectivity index (χ2n) is 3.86. The molecule has 1 aromatic rings. The zero-order valence-electron chi connectivity index (χ0n) is 8.35. The Morgan fingerprint density at radius 2 is 2.15 bits per heavy atom. The van der Waals surface area contributed by atoms with Crippen LogP contribution in [0.2, 0.25) is 0 Å². The zero-order valence-corrected chi connectivity index (χ0v) is 8.35. The molecule has 0 amide bonds. The van der Waals surface area contributed by atoms with Gasteiger partial charge in [0.1, 0.15) is 0 Å². The lowest BCUT2D eigenvalue weighted by atomic mass is 9.96. The Kier molecular flexibility index (Phi) is 2.00. The van der Waals surface area contributed by atoms with Crippen molar-refractivity contribution in [3.05, 3.63) is 28.8 Å². The van der Waals surface area contributed by atoms with Gasteiger partial charge in [-0.2, -0.15) is 5.48 Å². The van der Waals surface area contributed by atoms with Gasteiger partial charge < -0.3 is 4.84 Å². The normalized spacial score (nSPS) is 14.5. The zero-order chi connectivity index (χ0) is 9.42. The van der Waals surface area contributed by atoms with Gasteiger partial charge in [0.05, 0.1) is 6.54 Å². The van der Waals surface area contributed by atoms with Crippen LogP contribution in [0.15, 0.2) is 12.1 Å². The Bertz CT molecular complexity index is 331. The molecule has 2 nitrogen and oxygen atoms in total. The molecule has 0 fully saturated rings. The van der Waals surface area contributed by atoms with Crippen molar-refractivity contribution in [2.24, 2.45) is 0 Å². The van der Waals surface area contributed by atoms with Crippen LogP contribution in [0.25, 0.3) is 0 Å². The highest BCUT2D eigenvalue weighted by Crippen LogP contribution is 2.34. The first-order chi connectivity index (χ1) is 6.20. The first-order valence-corrected chi connectivity index (χ1v) is 4.72. The van der Waals surface area contributed by atoms with Crippen molar-refractivity contribution >= 4 is 0 Å². The fourth-order valence-corrected chi connectivity index (χ4v) is 1.72. The molecule has 0 aromatic heterocycles. The lowest BCUT2D eigenvalue weighted by Gasteiger charge is -2.10. The standard InChI is InChI=1S/C11H15NO/c1-7(2)9-5-4-8(3)10-6-12-13-11(9)10/h4-5,7,12H,6H2,1-3H3. The molecule has 1 aliphatic rings. The molecule has 1 heterocycles. The van der Waals surface area contributed by atoms with E-state index in [-0.39, 0.29) is 0 Å². The number of hydroxylamine groups is 1. The van der Waals surface area contributed by atoms with Gasteiger partial charge in [-0.3, -0.25) is 0 Å². The van der Waals surface area contributed by atoms with Gasteiger partial charge in [0.15, 0.2) is 5.75 Å². The van der Waals surface area contributed by atoms with Crippen molar-refractivity contribution < 1.29 is 4.84 Å². The van der Waals surface area contributed by atoms with E-state index in [1.54, 1.807) is 0 Å². The van der Waals surface area contributed by atoms with Crippen molar-refractivity contribution in [1.29, 1.82) is 0 Å². The van der Waals surface area contributed by atoms with E-state index in [1.165, 1.54) is 16.7 Å². The lowest BCUT2D eigenvalue weighted by molar-refractivity contribution is 0.221. The topological polar surface area (TPSA) is 21.3 Å². The van der Waals surface area contributed by atoms with E-state index in [1.807, 2.05) is 0 Å². The summed E-state index contributed by atoms with van der Waals surface area (Å²) in [6.45, 7) is 7.33. The van der Waals surface area contributed by atoms with Crippen LogP contribution in [0.5, 0.6) is 5.75 Å². The highest BCUT2D eigenvalue weighted by molar-refractivity contribution is 5.48. The molecule has 0 aliphatic carbocycles. The van der Waals surface area contributed by atoms with E-state index >= 15 is 0 Å². The predicted octanol–water partition coefficient (Wildman–Crippen LogP) is 2.52. The molecule has 0 saturated heterocycles. The number of nitrogens with one attached hydrogen (secondary N) is 1. The van der Waals surface area contributed by atoms with Crippen LogP contribution < -0.4 is 10.3 Å². The van der Waals surface area contributed by atoms with E-state index in [9.17, 15) is 0 Å². The van der Waals surface area contributed by atoms with Gasteiger partial charge in [-0.05, 0) is 24.0 Å². The summed E-state index contributed by atoms with van der Waals surface area (Å²) in [7, 11) is 0. The Hall–Kier alpha value is -1.02. The van der Waals surface area contributed by atoms with Crippen LogP contribution in [-0.4, -0.2) is 0 Å². The summed E-state index contributed by atoms with van der Waals surface area (Å²) in [4.78, 5) is 5.42. The smallest absolute Gasteiger partial charge is 0.155 e. The molecule has 2 rings (SSSR count). The molecule has 1 N–H and O–H groups in total. The molecule has 2 heteroatoms. The molecule has 0 saturated carbocycles. The Balaban J connectivity index is 2.56. The molecule has 0 bridgehead atoms. The molecule has 0 unspecified atom stereocenters. The molecule has 1 aromatic carbocycles. The van der Waals surface area contributed by atoms with E-state index < -0.39 is 0 Å². The number of aryl methyl sites for hydroxylation is 1. The maximum Gasteiger partial charge on any atom is 0.155 e. The van der Waals surface area contributed by atoms with Crippen LogP contribution in [-0.2, 0) is 6.54 Å². The summed E-state index contributed by atoms with van der Waals surface area (Å²) < 4.78 is 0. The first kappa shape index (κ1) is 8.57. The minimum Gasteiger partial charge on any atom is -0.408 e. The summed E-state index contributed by atoms with van der Waals surface area (Å²) >= 11 is 0. The summed E-state index contributed by atoms with van der Waals surface area (Å²) in [5.41, 5.74) is 6.84. The quantitative estimate of drug-likeness (QED) is 0.711. The fraction of sp³-hybridized carbons (Fsp3) is 0.455. The third kappa shape index (κ3) is 1.31. The highest BCUT2D eigenvalue weighted by atomic mass is 16.7. The monoisotopic (exact) mass is 177 g/mol. The Labute approximate surface area is 78.9 Å². The van der Waals surface area contributed by atoms with Crippen LogP contribution in [0.1, 0.15) is 36.5 Å². The Morgan fingerprint density at radius 1 is 1.38 bits per heavy atom. The van der Waals surface area contributed by atoms with Crippen molar-refractivity contribution in [3.8, 4) is 5.75 Å². The van der Waals surface area contributed by atoms with E-state index in [0.29, 0.717) is 5.92 Å². The predicted molar refractivity (Wildman–Crippen MR) is 52.7 cm³/mol. The molecular weight excluding hydrogens is 162 g/mol. The van der Waals surface area contributed by atoms with Crippen molar-refractivity contribution in [3.63, 3.8) is 0 Å². The van der Waals surface area contributed by atoms with Crippen LogP contribution in [0.3, 0.4) is 0 Å². The molecule has 70 valence electrons. The van der Waals surface area contributed by atoms with Gasteiger partial charge in [-0.25, -0.2) is 0 Å². The average Bonchev–Trinajstić information content (AvgIpc) is 2.53. The van der Waals surface area contributed by atoms with E-state index in [0.717, 1.165) is 12.3 Å². The summed E-state index contributed by atoms with van der Waals surface area (Å²) in [6, 6.07) is 4.33. The molecule has 0 atom stereocenters. The SMILES string of the molecule is Cc1ccc(C(C)C)c2c1CNO2. The van der Waals surface area contributed by atoms with Gasteiger partial charge >= 0.3 is 0 Å². The van der Waals surface area contributed by atoms with Gasteiger partial charge in [-0.1, -0.05) is 26.0 Å². The molecule has 0 radical (unpaired) electrons. The Morgan fingerprint density at radius 3 is 2.85 bits per heavy atom. The molecule has 0 spiro atoms. The van der Waals surface area contributed by atoms with Crippen molar-refractivity contribution in [1.82, 2.24) is 5.48 Å². The van der Waals surface area contributed by atoms with Crippen LogP contribution in [0.4, 0.5) is 0 Å². The average molecular weight is 177 g/mol. The number of fused-ring (bicyclic) bond motifs is 1. The van der Waals surface area contributed by atoms with Gasteiger partial charge in [0.25, 0.3) is 0 Å². The summed E-state index contributed by atoms with van der Waals surface area (Å²) in [5.74, 6) is 1.57.